The summed E-state index contributed by atoms with van der Waals surface area (Å²) in [5.41, 5.74) is 5.71. The molecule has 3 aliphatic rings. The van der Waals surface area contributed by atoms with Crippen molar-refractivity contribution >= 4 is 59.1 Å². The molecule has 0 spiro atoms. The van der Waals surface area contributed by atoms with E-state index in [-0.39, 0.29) is 62.3 Å². The number of rotatable bonds is 23. The highest BCUT2D eigenvalue weighted by atomic mass is 32.2. The van der Waals surface area contributed by atoms with Gasteiger partial charge in [-0.3, -0.25) is 38.4 Å². The number of esters is 1. The number of amides is 7. The second-order valence-electron chi connectivity index (χ2n) is 21.2. The van der Waals surface area contributed by atoms with Gasteiger partial charge in [-0.15, -0.1) is 11.8 Å². The summed E-state index contributed by atoms with van der Waals surface area (Å²) in [5.74, 6) is -7.08. The number of fused-ring (bicyclic) bond motifs is 2. The molecule has 1 aromatic rings. The molecule has 15 atom stereocenters. The van der Waals surface area contributed by atoms with E-state index in [1.807, 2.05) is 0 Å². The van der Waals surface area contributed by atoms with Gasteiger partial charge >= 0.3 is 5.97 Å². The minimum Gasteiger partial charge on any atom is -0.508 e. The van der Waals surface area contributed by atoms with Crippen molar-refractivity contribution in [1.82, 2.24) is 36.4 Å². The number of unbranched alkanes of at least 4 members (excludes halogenated alkanes) is 5. The Balaban J connectivity index is 1.73. The highest BCUT2D eigenvalue weighted by Crippen LogP contribution is 2.27. The molecule has 0 bridgehead atoms. The third-order valence-electron chi connectivity index (χ3n) is 14.9. The van der Waals surface area contributed by atoms with Gasteiger partial charge in [0, 0.05) is 25.9 Å². The Kier molecular flexibility index (Phi) is 27.0. The van der Waals surface area contributed by atoms with Gasteiger partial charge in [0.1, 0.15) is 54.2 Å². The smallest absolute Gasteiger partial charge is 0.315 e. The second kappa shape index (κ2) is 32.2. The average Bonchev–Trinajstić information content (AvgIpc) is 4.01. The molecule has 7 amide bonds. The summed E-state index contributed by atoms with van der Waals surface area (Å²) in [6.45, 7) is 6.90. The number of aromatic hydroxyl groups is 1. The van der Waals surface area contributed by atoms with Crippen LogP contribution >= 0.6 is 11.8 Å². The molecule has 0 saturated carbocycles. The first-order chi connectivity index (χ1) is 37.0. The van der Waals surface area contributed by atoms with Crippen LogP contribution in [0.4, 0.5) is 0 Å². The Morgan fingerprint density at radius 1 is 0.769 bits per heavy atom. The molecule has 1 aromatic carbocycles. The van der Waals surface area contributed by atoms with Gasteiger partial charge in [0.25, 0.3) is 0 Å². The lowest BCUT2D eigenvalue weighted by Gasteiger charge is -2.34. The fourth-order valence-electron chi connectivity index (χ4n) is 10.1. The van der Waals surface area contributed by atoms with E-state index >= 15 is 0 Å². The van der Waals surface area contributed by atoms with Crippen LogP contribution in [0.2, 0.25) is 0 Å². The maximum atomic E-state index is 14.6. The zero-order valence-corrected chi connectivity index (χ0v) is 46.4. The molecule has 3 fully saturated rings. The minimum atomic E-state index is -2.27. The van der Waals surface area contributed by atoms with Crippen LogP contribution in [-0.4, -0.2) is 198 Å². The van der Waals surface area contributed by atoms with Crippen LogP contribution in [0.5, 0.6) is 5.75 Å². The maximum Gasteiger partial charge on any atom is 0.315 e. The third kappa shape index (κ3) is 19.3. The molecule has 7 unspecified atom stereocenters. The summed E-state index contributed by atoms with van der Waals surface area (Å²) in [7, 11) is 1.15. The first-order valence-electron chi connectivity index (χ1n) is 27.4. The normalized spacial score (nSPS) is 27.4. The van der Waals surface area contributed by atoms with Crippen LogP contribution in [0.3, 0.4) is 0 Å². The van der Waals surface area contributed by atoms with Gasteiger partial charge in [-0.25, -0.2) is 0 Å². The number of aliphatic hydroxyl groups is 6. The number of ether oxygens (including phenoxy) is 1. The van der Waals surface area contributed by atoms with E-state index < -0.39 is 139 Å². The number of benzene rings is 1. The summed E-state index contributed by atoms with van der Waals surface area (Å²) in [4.78, 5) is 115. The van der Waals surface area contributed by atoms with Crippen LogP contribution in [0.1, 0.15) is 136 Å². The Labute approximate surface area is 460 Å². The van der Waals surface area contributed by atoms with Gasteiger partial charge in [-0.2, -0.15) is 0 Å². The molecule has 25 heteroatoms. The monoisotopic (exact) mass is 1120 g/mol. The Hall–Kier alpha value is -5.15. The van der Waals surface area contributed by atoms with E-state index in [4.69, 9.17) is 10.5 Å². The summed E-state index contributed by atoms with van der Waals surface area (Å²) < 4.78 is 4.82. The van der Waals surface area contributed by atoms with Crippen molar-refractivity contribution in [3.8, 4) is 5.75 Å². The minimum absolute atomic E-state index is 0.0254. The first kappa shape index (κ1) is 65.4. The summed E-state index contributed by atoms with van der Waals surface area (Å²) in [5, 5.41) is 89.1. The van der Waals surface area contributed by atoms with Crippen molar-refractivity contribution in [2.24, 2.45) is 17.6 Å². The molecule has 3 saturated heterocycles. The topological polar surface area (TPSA) is 380 Å². The van der Waals surface area contributed by atoms with Gasteiger partial charge in [0.15, 0.2) is 0 Å². The van der Waals surface area contributed by atoms with Gasteiger partial charge in [-0.1, -0.05) is 77.8 Å². The lowest BCUT2D eigenvalue weighted by Crippen LogP contribution is -2.64. The van der Waals surface area contributed by atoms with Crippen molar-refractivity contribution in [1.29, 1.82) is 0 Å². The number of aliphatic hydroxyl groups excluding tert-OH is 6. The molecule has 24 nitrogen and oxygen atoms in total. The van der Waals surface area contributed by atoms with Crippen molar-refractivity contribution in [2.75, 3.05) is 32.5 Å². The van der Waals surface area contributed by atoms with E-state index in [2.05, 4.69) is 47.4 Å². The van der Waals surface area contributed by atoms with E-state index in [0.717, 1.165) is 73.6 Å². The van der Waals surface area contributed by atoms with Gasteiger partial charge in [0.05, 0.1) is 42.7 Å². The quantitative estimate of drug-likeness (QED) is 0.0465. The standard InChI is InChI=1S/C53H86N8O16S/c1-6-29(2)25-30(3)13-11-9-7-8-10-12-14-39(67)55-35-19-20-40(78-28-41(68)77-5)56-51(74)45-38(66)22-24-60(45)53(76)43(37(65)21-23-54)58-50(73)44(47(70)46(69)32-15-17-33(63)18-16-32)59-49(72)36-26-34(64)27-61(36)52(75)42(31(4)62)57-48(35)71/h15-18,29-31,34-38,40,42-47,62-66,69-70H,6-14,19-28,54H2,1-5H3,(H,55,67)(H,56,74)(H,57,71)(H,58,73)(H,59,72)/t29?,30?,31-,34-,35?,36?,37-,38+,40?,42?,43?,44+,45+,46+,47+/m1/s1. The van der Waals surface area contributed by atoms with Crippen LogP contribution in [0.15, 0.2) is 24.3 Å². The predicted octanol–water partition coefficient (Wildman–Crippen LogP) is -0.925. The molecule has 4 rings (SSSR count). The average molecular weight is 1120 g/mol. The fourth-order valence-corrected chi connectivity index (χ4v) is 11.1. The number of nitrogens with one attached hydrogen (secondary N) is 5. The number of phenols is 1. The van der Waals surface area contributed by atoms with Gasteiger partial charge in [-0.05, 0) is 81.5 Å². The van der Waals surface area contributed by atoms with Crippen LogP contribution in [-0.2, 0) is 43.1 Å². The maximum absolute atomic E-state index is 14.6. The van der Waals surface area contributed by atoms with Gasteiger partial charge in [0.2, 0.25) is 41.4 Å². The number of phenolic OH excluding ortho intramolecular Hbond substituents is 1. The largest absolute Gasteiger partial charge is 0.508 e. The molecule has 14 N–H and O–H groups in total. The molecule has 0 radical (unpaired) electrons. The number of nitrogens with zero attached hydrogens (tertiary/aromatic N) is 2. The fraction of sp³-hybridized carbons (Fsp3) is 0.736. The van der Waals surface area contributed by atoms with Crippen LogP contribution in [0.25, 0.3) is 0 Å². The highest BCUT2D eigenvalue weighted by molar-refractivity contribution is 8.00. The Bertz CT molecular complexity index is 2140. The molecule has 78 heavy (non-hydrogen) atoms. The lowest BCUT2D eigenvalue weighted by molar-refractivity contribution is -0.148. The lowest BCUT2D eigenvalue weighted by atomic mass is 9.91. The summed E-state index contributed by atoms with van der Waals surface area (Å²) >= 11 is 0.869. The van der Waals surface area contributed by atoms with E-state index in [0.29, 0.717) is 18.3 Å². The summed E-state index contributed by atoms with van der Waals surface area (Å²) in [6.07, 6.45) is -3.14. The van der Waals surface area contributed by atoms with Crippen molar-refractivity contribution in [3.05, 3.63) is 29.8 Å². The molecule has 3 heterocycles. The third-order valence-corrected chi connectivity index (χ3v) is 16.0. The molecule has 0 aliphatic carbocycles. The van der Waals surface area contributed by atoms with Crippen LogP contribution in [0, 0.1) is 11.8 Å². The Morgan fingerprint density at radius 2 is 1.40 bits per heavy atom. The van der Waals surface area contributed by atoms with E-state index in [1.165, 1.54) is 37.6 Å². The molecule has 0 aromatic heterocycles. The van der Waals surface area contributed by atoms with Crippen molar-refractivity contribution < 1.29 is 78.8 Å². The highest BCUT2D eigenvalue weighted by Gasteiger charge is 2.48. The van der Waals surface area contributed by atoms with Crippen LogP contribution < -0.4 is 32.3 Å². The van der Waals surface area contributed by atoms with Crippen molar-refractivity contribution in [2.45, 2.75) is 202 Å². The van der Waals surface area contributed by atoms with E-state index in [1.54, 1.807) is 0 Å². The van der Waals surface area contributed by atoms with Gasteiger partial charge < -0.3 is 82.6 Å². The number of carbonyl (C=O) groups excluding carboxylic acids is 8. The molecule has 440 valence electrons. The number of hydrogen-bond acceptors (Lipinski definition) is 18. The number of methoxy groups -OCH3 is 1. The molecule has 3 aliphatic heterocycles. The number of thioether (sulfide) groups is 1. The zero-order valence-electron chi connectivity index (χ0n) is 45.6. The number of nitrogens with two attached hydrogens (primary N) is 1. The number of carbonyl (C=O) groups is 8. The second-order valence-corrected chi connectivity index (χ2v) is 22.4. The van der Waals surface area contributed by atoms with E-state index in [9.17, 15) is 74.1 Å². The molecular formula is C53H86N8O16S. The summed E-state index contributed by atoms with van der Waals surface area (Å²) in [6, 6.07) is -6.03. The van der Waals surface area contributed by atoms with Crippen molar-refractivity contribution in [3.63, 3.8) is 0 Å². The first-order valence-corrected chi connectivity index (χ1v) is 28.4. The zero-order chi connectivity index (χ0) is 57.8. The number of hydrogen-bond donors (Lipinski definition) is 13. The SMILES string of the molecule is CCC(C)CC(C)CCCCCCCCC(=O)NC1CCC(SCC(=O)OC)NC(=O)[C@@H]2[C@@H](O)CCN2C(=O)C([C@H](O)CCN)NC(=O)[C@H]([C@H](O)[C@@H](O)c2ccc(O)cc2)NC(=O)C2C[C@@H](O)CN2C(=O)C([C@@H](C)O)NC1=O. The predicted molar refractivity (Wildman–Crippen MR) is 286 cm³/mol. The molecular weight excluding hydrogens is 1040 g/mol. The Morgan fingerprint density at radius 3 is 2.04 bits per heavy atom.